The molecule has 2 nitrogen and oxygen atoms in total. The second-order valence-electron chi connectivity index (χ2n) is 4.80. The minimum absolute atomic E-state index is 0.0515. The minimum Gasteiger partial charge on any atom is -0.484 e. The molecule has 19 heavy (non-hydrogen) atoms. The van der Waals surface area contributed by atoms with Gasteiger partial charge in [0.2, 0.25) is 0 Å². The fourth-order valence-electron chi connectivity index (χ4n) is 1.77. The van der Waals surface area contributed by atoms with Crippen LogP contribution in [0.4, 0.5) is 0 Å². The number of nitrogens with zero attached hydrogens (tertiary/aromatic N) is 1. The Morgan fingerprint density at radius 2 is 2.11 bits per heavy atom. The van der Waals surface area contributed by atoms with Crippen LogP contribution in [-0.2, 0) is 5.88 Å². The Labute approximate surface area is 123 Å². The van der Waals surface area contributed by atoms with Crippen LogP contribution in [0.5, 0.6) is 5.75 Å². The fourth-order valence-corrected chi connectivity index (χ4v) is 2.80. The highest BCUT2D eigenvalue weighted by Gasteiger charge is 2.12. The number of hydrogen-bond donors (Lipinski definition) is 0. The summed E-state index contributed by atoms with van der Waals surface area (Å²) in [7, 11) is 0. The summed E-state index contributed by atoms with van der Waals surface area (Å²) in [6.07, 6.45) is -0.0515. The van der Waals surface area contributed by atoms with E-state index in [1.54, 1.807) is 11.3 Å². The normalized spacial score (nSPS) is 12.7. The highest BCUT2D eigenvalue weighted by atomic mass is 35.5. The molecule has 0 spiro atoms. The van der Waals surface area contributed by atoms with Crippen LogP contribution in [0.1, 0.15) is 49.1 Å². The molecule has 0 bridgehead atoms. The van der Waals surface area contributed by atoms with E-state index in [0.717, 1.165) is 16.5 Å². The van der Waals surface area contributed by atoms with Crippen LogP contribution in [0.15, 0.2) is 29.6 Å². The van der Waals surface area contributed by atoms with Crippen LogP contribution < -0.4 is 4.74 Å². The van der Waals surface area contributed by atoms with Crippen LogP contribution in [-0.4, -0.2) is 4.98 Å². The summed E-state index contributed by atoms with van der Waals surface area (Å²) in [5, 5.41) is 2.94. The Hall–Kier alpha value is -1.06. The lowest BCUT2D eigenvalue weighted by Gasteiger charge is -2.14. The molecule has 2 aromatic rings. The van der Waals surface area contributed by atoms with E-state index in [2.05, 4.69) is 31.0 Å². The van der Waals surface area contributed by atoms with Gasteiger partial charge in [0.1, 0.15) is 16.9 Å². The zero-order valence-electron chi connectivity index (χ0n) is 11.4. The first-order valence-electron chi connectivity index (χ1n) is 6.37. The molecule has 0 aliphatic rings. The summed E-state index contributed by atoms with van der Waals surface area (Å²) >= 11 is 7.36. The third-order valence-electron chi connectivity index (χ3n) is 2.89. The number of alkyl halides is 1. The number of aromatic nitrogens is 1. The van der Waals surface area contributed by atoms with E-state index in [4.69, 9.17) is 16.3 Å². The Bertz CT molecular complexity index is 538. The smallest absolute Gasteiger partial charge is 0.147 e. The average molecular weight is 296 g/mol. The highest BCUT2D eigenvalue weighted by Crippen LogP contribution is 2.27. The third-order valence-corrected chi connectivity index (χ3v) is 4.22. The highest BCUT2D eigenvalue weighted by molar-refractivity contribution is 7.09. The van der Waals surface area contributed by atoms with Gasteiger partial charge in [0.05, 0.1) is 11.6 Å². The molecular formula is C15H18ClNOS. The lowest BCUT2D eigenvalue weighted by atomic mass is 10.0. The van der Waals surface area contributed by atoms with Gasteiger partial charge in [0, 0.05) is 5.38 Å². The fraction of sp³-hybridized carbons (Fsp3) is 0.400. The van der Waals surface area contributed by atoms with Crippen molar-refractivity contribution in [3.63, 3.8) is 0 Å². The molecule has 0 aliphatic carbocycles. The van der Waals surface area contributed by atoms with Gasteiger partial charge in [-0.3, -0.25) is 0 Å². The molecule has 0 amide bonds. The van der Waals surface area contributed by atoms with E-state index in [1.165, 1.54) is 5.56 Å². The van der Waals surface area contributed by atoms with E-state index in [-0.39, 0.29) is 6.10 Å². The Morgan fingerprint density at radius 3 is 2.74 bits per heavy atom. The van der Waals surface area contributed by atoms with Crippen molar-refractivity contribution in [3.05, 3.63) is 45.9 Å². The Morgan fingerprint density at radius 1 is 1.32 bits per heavy atom. The van der Waals surface area contributed by atoms with Gasteiger partial charge in [-0.15, -0.1) is 22.9 Å². The first kappa shape index (κ1) is 14.4. The predicted molar refractivity (Wildman–Crippen MR) is 81.2 cm³/mol. The molecule has 1 aromatic carbocycles. The van der Waals surface area contributed by atoms with E-state index < -0.39 is 0 Å². The summed E-state index contributed by atoms with van der Waals surface area (Å²) in [6.45, 7) is 6.37. The summed E-state index contributed by atoms with van der Waals surface area (Å²) < 4.78 is 5.95. The quantitative estimate of drug-likeness (QED) is 0.712. The van der Waals surface area contributed by atoms with Crippen molar-refractivity contribution < 1.29 is 4.74 Å². The van der Waals surface area contributed by atoms with E-state index >= 15 is 0 Å². The Balaban J connectivity index is 2.09. The van der Waals surface area contributed by atoms with Crippen molar-refractivity contribution >= 4 is 22.9 Å². The second kappa shape index (κ2) is 6.40. The number of rotatable bonds is 5. The lowest BCUT2D eigenvalue weighted by Crippen LogP contribution is -2.03. The second-order valence-corrected chi connectivity index (χ2v) is 5.95. The van der Waals surface area contributed by atoms with Gasteiger partial charge in [-0.05, 0) is 30.5 Å². The molecule has 2 rings (SSSR count). The van der Waals surface area contributed by atoms with Crippen LogP contribution in [0.2, 0.25) is 0 Å². The van der Waals surface area contributed by atoms with Crippen LogP contribution >= 0.6 is 22.9 Å². The molecular weight excluding hydrogens is 278 g/mol. The van der Waals surface area contributed by atoms with Gasteiger partial charge in [0.25, 0.3) is 0 Å². The molecule has 0 N–H and O–H groups in total. The first-order chi connectivity index (χ1) is 9.10. The molecule has 0 saturated carbocycles. The van der Waals surface area contributed by atoms with Gasteiger partial charge < -0.3 is 4.74 Å². The molecule has 1 unspecified atom stereocenters. The summed E-state index contributed by atoms with van der Waals surface area (Å²) in [4.78, 5) is 4.44. The maximum atomic E-state index is 5.95. The molecule has 4 heteroatoms. The Kier molecular flexibility index (Phi) is 4.83. The van der Waals surface area contributed by atoms with Crippen molar-refractivity contribution in [1.29, 1.82) is 0 Å². The molecule has 0 fully saturated rings. The molecule has 0 radical (unpaired) electrons. The largest absolute Gasteiger partial charge is 0.484 e. The van der Waals surface area contributed by atoms with E-state index in [9.17, 15) is 0 Å². The maximum absolute atomic E-state index is 5.95. The summed E-state index contributed by atoms with van der Waals surface area (Å²) in [5.41, 5.74) is 2.19. The van der Waals surface area contributed by atoms with Crippen LogP contribution in [0.3, 0.4) is 0 Å². The van der Waals surface area contributed by atoms with Gasteiger partial charge in [-0.2, -0.15) is 0 Å². The summed E-state index contributed by atoms with van der Waals surface area (Å²) in [5.74, 6) is 1.84. The van der Waals surface area contributed by atoms with Crippen molar-refractivity contribution in [3.8, 4) is 5.75 Å². The van der Waals surface area contributed by atoms with Gasteiger partial charge in [0.15, 0.2) is 0 Å². The first-order valence-corrected chi connectivity index (χ1v) is 7.78. The third kappa shape index (κ3) is 3.71. The predicted octanol–water partition coefficient (Wildman–Crippen LogP) is 5.15. The van der Waals surface area contributed by atoms with Crippen molar-refractivity contribution in [2.45, 2.75) is 38.7 Å². The van der Waals surface area contributed by atoms with E-state index in [0.29, 0.717) is 11.8 Å². The van der Waals surface area contributed by atoms with Crippen molar-refractivity contribution in [2.24, 2.45) is 0 Å². The van der Waals surface area contributed by atoms with Crippen molar-refractivity contribution in [2.75, 3.05) is 0 Å². The number of thiazole rings is 1. The molecule has 1 atom stereocenters. The van der Waals surface area contributed by atoms with Crippen LogP contribution in [0.25, 0.3) is 0 Å². The zero-order valence-corrected chi connectivity index (χ0v) is 13.0. The summed E-state index contributed by atoms with van der Waals surface area (Å²) in [6, 6.07) is 8.23. The van der Waals surface area contributed by atoms with Crippen molar-refractivity contribution in [1.82, 2.24) is 4.98 Å². The zero-order chi connectivity index (χ0) is 13.8. The number of ether oxygens (including phenoxy) is 1. The van der Waals surface area contributed by atoms with Gasteiger partial charge in [-0.1, -0.05) is 26.0 Å². The number of benzene rings is 1. The topological polar surface area (TPSA) is 22.1 Å². The monoisotopic (exact) mass is 295 g/mol. The lowest BCUT2D eigenvalue weighted by molar-refractivity contribution is 0.226. The molecule has 0 aliphatic heterocycles. The SMILES string of the molecule is CC(C)c1cccc(OC(C)c2nc(CCl)cs2)c1. The molecule has 102 valence electrons. The molecule has 1 heterocycles. The number of hydrogen-bond acceptors (Lipinski definition) is 3. The van der Waals surface area contributed by atoms with Gasteiger partial charge >= 0.3 is 0 Å². The molecule has 0 saturated heterocycles. The minimum atomic E-state index is -0.0515. The van der Waals surface area contributed by atoms with E-state index in [1.807, 2.05) is 24.4 Å². The number of halogens is 1. The van der Waals surface area contributed by atoms with Gasteiger partial charge in [-0.25, -0.2) is 4.98 Å². The standard InChI is InChI=1S/C15H18ClNOS/c1-10(2)12-5-4-6-14(7-12)18-11(3)15-17-13(8-16)9-19-15/h4-7,9-11H,8H2,1-3H3. The average Bonchev–Trinajstić information content (AvgIpc) is 2.88. The molecule has 1 aromatic heterocycles. The maximum Gasteiger partial charge on any atom is 0.147 e. The van der Waals surface area contributed by atoms with Crippen LogP contribution in [0, 0.1) is 0 Å².